The molecule has 1 aliphatic heterocycles. The molecule has 0 saturated carbocycles. The molecule has 2 unspecified atom stereocenters. The van der Waals surface area contributed by atoms with Crippen molar-refractivity contribution in [1.82, 2.24) is 4.98 Å². The van der Waals surface area contributed by atoms with Crippen molar-refractivity contribution >= 4 is 11.6 Å². The van der Waals surface area contributed by atoms with E-state index in [0.29, 0.717) is 6.61 Å². The summed E-state index contributed by atoms with van der Waals surface area (Å²) in [5.74, 6) is -1.78. The first-order chi connectivity index (χ1) is 8.00. The molecule has 17 heavy (non-hydrogen) atoms. The van der Waals surface area contributed by atoms with Gasteiger partial charge in [0.1, 0.15) is 0 Å². The summed E-state index contributed by atoms with van der Waals surface area (Å²) in [5.41, 5.74) is 5.35. The van der Waals surface area contributed by atoms with Crippen molar-refractivity contribution in [3.05, 3.63) is 17.7 Å². The van der Waals surface area contributed by atoms with E-state index in [4.69, 9.17) is 10.5 Å². The highest BCUT2D eigenvalue weighted by Gasteiger charge is 2.30. The second kappa shape index (κ2) is 4.44. The summed E-state index contributed by atoms with van der Waals surface area (Å²) in [7, 11) is 1.71. The van der Waals surface area contributed by atoms with E-state index in [2.05, 4.69) is 4.98 Å². The summed E-state index contributed by atoms with van der Waals surface area (Å²) in [6, 6.07) is 0.788. The fraction of sp³-hybridized carbons (Fsp3) is 0.545. The standard InChI is InChI=1S/C11H15F2N3O/c1-6-9(3-4-17-6)16(2)11-8(13)5-7(12)10(14)15-11/h5-6,9H,3-4H2,1-2H3,(H2,14,15). The van der Waals surface area contributed by atoms with Crippen LogP contribution in [0.5, 0.6) is 0 Å². The molecule has 1 aromatic rings. The van der Waals surface area contributed by atoms with Crippen molar-refractivity contribution in [1.29, 1.82) is 0 Å². The number of halogens is 2. The van der Waals surface area contributed by atoms with Gasteiger partial charge in [-0.1, -0.05) is 0 Å². The topological polar surface area (TPSA) is 51.4 Å². The Morgan fingerprint density at radius 1 is 1.47 bits per heavy atom. The fourth-order valence-corrected chi connectivity index (χ4v) is 2.10. The number of pyridine rings is 1. The van der Waals surface area contributed by atoms with Crippen molar-refractivity contribution in [2.45, 2.75) is 25.5 Å². The van der Waals surface area contributed by atoms with Gasteiger partial charge in [-0.2, -0.15) is 0 Å². The molecule has 6 heteroatoms. The average molecular weight is 243 g/mol. The first kappa shape index (κ1) is 12.0. The minimum absolute atomic E-state index is 0.00697. The van der Waals surface area contributed by atoms with Crippen LogP contribution < -0.4 is 10.6 Å². The third-order valence-electron chi connectivity index (χ3n) is 3.11. The number of hydrogen-bond acceptors (Lipinski definition) is 4. The van der Waals surface area contributed by atoms with Crippen LogP contribution in [0.15, 0.2) is 6.07 Å². The van der Waals surface area contributed by atoms with Gasteiger partial charge in [0.25, 0.3) is 0 Å². The highest BCUT2D eigenvalue weighted by molar-refractivity contribution is 5.47. The van der Waals surface area contributed by atoms with Gasteiger partial charge in [-0.15, -0.1) is 0 Å². The van der Waals surface area contributed by atoms with Crippen LogP contribution in [0.2, 0.25) is 0 Å². The number of ether oxygens (including phenoxy) is 1. The first-order valence-corrected chi connectivity index (χ1v) is 5.46. The molecule has 2 atom stereocenters. The third kappa shape index (κ3) is 2.17. The van der Waals surface area contributed by atoms with Gasteiger partial charge in [0.05, 0.1) is 12.1 Å². The molecular formula is C11H15F2N3O. The lowest BCUT2D eigenvalue weighted by Gasteiger charge is -2.28. The van der Waals surface area contributed by atoms with Crippen LogP contribution in [0.25, 0.3) is 0 Å². The maximum atomic E-state index is 13.6. The van der Waals surface area contributed by atoms with Crippen LogP contribution in [0, 0.1) is 11.6 Å². The Balaban J connectivity index is 2.30. The number of likely N-dealkylation sites (N-methyl/N-ethyl adjacent to an activating group) is 1. The Morgan fingerprint density at radius 3 is 2.76 bits per heavy atom. The zero-order valence-corrected chi connectivity index (χ0v) is 9.78. The minimum atomic E-state index is -0.838. The van der Waals surface area contributed by atoms with Crippen LogP contribution in [-0.4, -0.2) is 30.8 Å². The predicted octanol–water partition coefficient (Wildman–Crippen LogP) is 1.56. The number of nitrogens with zero attached hydrogens (tertiary/aromatic N) is 2. The van der Waals surface area contributed by atoms with E-state index in [1.165, 1.54) is 0 Å². The smallest absolute Gasteiger partial charge is 0.168 e. The van der Waals surface area contributed by atoms with E-state index in [9.17, 15) is 8.78 Å². The summed E-state index contributed by atoms with van der Waals surface area (Å²) in [6.07, 6.45) is 0.781. The SMILES string of the molecule is CC1OCCC1N(C)c1nc(N)c(F)cc1F. The van der Waals surface area contributed by atoms with Crippen LogP contribution >= 0.6 is 0 Å². The molecule has 0 aliphatic carbocycles. The van der Waals surface area contributed by atoms with Gasteiger partial charge in [0.15, 0.2) is 23.3 Å². The molecule has 1 aromatic heterocycles. The van der Waals surface area contributed by atoms with Gasteiger partial charge in [-0.05, 0) is 13.3 Å². The van der Waals surface area contributed by atoms with Gasteiger partial charge >= 0.3 is 0 Å². The Labute approximate surface area is 98.4 Å². The second-order valence-electron chi connectivity index (χ2n) is 4.20. The van der Waals surface area contributed by atoms with Crippen molar-refractivity contribution in [2.75, 3.05) is 24.3 Å². The Hall–Kier alpha value is -1.43. The van der Waals surface area contributed by atoms with Gasteiger partial charge in [0, 0.05) is 19.7 Å². The summed E-state index contributed by atoms with van der Waals surface area (Å²) >= 11 is 0. The van der Waals surface area contributed by atoms with E-state index >= 15 is 0 Å². The lowest BCUT2D eigenvalue weighted by atomic mass is 10.1. The Kier molecular flexibility index (Phi) is 3.15. The lowest BCUT2D eigenvalue weighted by molar-refractivity contribution is 0.118. The molecule has 2 heterocycles. The van der Waals surface area contributed by atoms with Crippen LogP contribution in [-0.2, 0) is 4.74 Å². The van der Waals surface area contributed by atoms with E-state index in [0.717, 1.165) is 12.5 Å². The van der Waals surface area contributed by atoms with Gasteiger partial charge in [-0.3, -0.25) is 0 Å². The molecule has 2 rings (SSSR count). The molecular weight excluding hydrogens is 228 g/mol. The van der Waals surface area contributed by atoms with E-state index in [1.807, 2.05) is 6.92 Å². The number of nitrogens with two attached hydrogens (primary N) is 1. The molecule has 4 nitrogen and oxygen atoms in total. The van der Waals surface area contributed by atoms with E-state index < -0.39 is 11.6 Å². The molecule has 1 aliphatic rings. The maximum Gasteiger partial charge on any atom is 0.168 e. The summed E-state index contributed by atoms with van der Waals surface area (Å²) in [5, 5.41) is 0. The monoisotopic (exact) mass is 243 g/mol. The second-order valence-corrected chi connectivity index (χ2v) is 4.20. The minimum Gasteiger partial charge on any atom is -0.381 e. The van der Waals surface area contributed by atoms with E-state index in [-0.39, 0.29) is 23.8 Å². The van der Waals surface area contributed by atoms with Crippen LogP contribution in [0.1, 0.15) is 13.3 Å². The number of nitrogen functional groups attached to an aromatic ring is 1. The quantitative estimate of drug-likeness (QED) is 0.856. The summed E-state index contributed by atoms with van der Waals surface area (Å²) in [6.45, 7) is 2.55. The van der Waals surface area contributed by atoms with Crippen LogP contribution in [0.3, 0.4) is 0 Å². The number of anilines is 2. The lowest BCUT2D eigenvalue weighted by Crippen LogP contribution is -2.38. The molecule has 0 amide bonds. The number of hydrogen-bond donors (Lipinski definition) is 1. The Morgan fingerprint density at radius 2 is 2.18 bits per heavy atom. The van der Waals surface area contributed by atoms with Crippen molar-refractivity contribution in [3.63, 3.8) is 0 Å². The molecule has 0 radical (unpaired) electrons. The highest BCUT2D eigenvalue weighted by atomic mass is 19.1. The summed E-state index contributed by atoms with van der Waals surface area (Å²) in [4.78, 5) is 5.40. The summed E-state index contributed by atoms with van der Waals surface area (Å²) < 4.78 is 32.0. The van der Waals surface area contributed by atoms with Crippen molar-refractivity contribution < 1.29 is 13.5 Å². The fourth-order valence-electron chi connectivity index (χ4n) is 2.10. The van der Waals surface area contributed by atoms with Gasteiger partial charge in [0.2, 0.25) is 0 Å². The zero-order chi connectivity index (χ0) is 12.6. The number of aromatic nitrogens is 1. The largest absolute Gasteiger partial charge is 0.381 e. The van der Waals surface area contributed by atoms with Crippen molar-refractivity contribution in [3.8, 4) is 0 Å². The first-order valence-electron chi connectivity index (χ1n) is 5.46. The molecule has 0 aromatic carbocycles. The molecule has 2 N–H and O–H groups in total. The van der Waals surface area contributed by atoms with Gasteiger partial charge < -0.3 is 15.4 Å². The molecule has 0 bridgehead atoms. The van der Waals surface area contributed by atoms with Crippen LogP contribution in [0.4, 0.5) is 20.4 Å². The highest BCUT2D eigenvalue weighted by Crippen LogP contribution is 2.26. The maximum absolute atomic E-state index is 13.6. The predicted molar refractivity (Wildman–Crippen MR) is 60.8 cm³/mol. The average Bonchev–Trinajstić information content (AvgIpc) is 2.69. The normalized spacial score (nSPS) is 24.0. The molecule has 94 valence electrons. The zero-order valence-electron chi connectivity index (χ0n) is 9.78. The van der Waals surface area contributed by atoms with E-state index in [1.54, 1.807) is 11.9 Å². The van der Waals surface area contributed by atoms with Gasteiger partial charge in [-0.25, -0.2) is 13.8 Å². The molecule has 1 fully saturated rings. The Bertz CT molecular complexity index is 427. The van der Waals surface area contributed by atoms with Crippen molar-refractivity contribution in [2.24, 2.45) is 0 Å². The molecule has 1 saturated heterocycles. The third-order valence-corrected chi connectivity index (χ3v) is 3.11. The molecule has 0 spiro atoms. The number of rotatable bonds is 2.